The Hall–Kier alpha value is -0.610. The summed E-state index contributed by atoms with van der Waals surface area (Å²) in [5, 5.41) is 0. The highest BCUT2D eigenvalue weighted by Gasteiger charge is 2.28. The smallest absolute Gasteiger partial charge is 0.309 e. The van der Waals surface area contributed by atoms with Crippen LogP contribution >= 0.6 is 0 Å². The van der Waals surface area contributed by atoms with Crippen molar-refractivity contribution in [3.63, 3.8) is 0 Å². The van der Waals surface area contributed by atoms with Crippen molar-refractivity contribution >= 4 is 5.97 Å². The van der Waals surface area contributed by atoms with Crippen LogP contribution in [0.25, 0.3) is 0 Å². The third-order valence-electron chi connectivity index (χ3n) is 3.16. The van der Waals surface area contributed by atoms with Gasteiger partial charge in [0, 0.05) is 19.1 Å². The molecule has 1 heterocycles. The van der Waals surface area contributed by atoms with Gasteiger partial charge in [0.05, 0.1) is 25.7 Å². The second kappa shape index (κ2) is 6.21. The highest BCUT2D eigenvalue weighted by molar-refractivity contribution is 5.72. The number of esters is 1. The zero-order chi connectivity index (χ0) is 12.1. The van der Waals surface area contributed by atoms with Crippen molar-refractivity contribution in [2.75, 3.05) is 26.8 Å². The average molecular weight is 229 g/mol. The van der Waals surface area contributed by atoms with E-state index >= 15 is 0 Å². The highest BCUT2D eigenvalue weighted by Crippen LogP contribution is 2.16. The third-order valence-corrected chi connectivity index (χ3v) is 3.16. The first-order valence-corrected chi connectivity index (χ1v) is 6.02. The van der Waals surface area contributed by atoms with Crippen molar-refractivity contribution < 1.29 is 14.3 Å². The van der Waals surface area contributed by atoms with E-state index in [-0.39, 0.29) is 18.0 Å². The zero-order valence-electron chi connectivity index (χ0n) is 10.7. The molecule has 0 aromatic carbocycles. The minimum Gasteiger partial charge on any atom is -0.469 e. The van der Waals surface area contributed by atoms with E-state index in [4.69, 9.17) is 9.47 Å². The number of hydrogen-bond acceptors (Lipinski definition) is 4. The summed E-state index contributed by atoms with van der Waals surface area (Å²) in [6, 6.07) is 0.434. The molecule has 0 N–H and O–H groups in total. The molecular formula is C12H23NO3. The van der Waals surface area contributed by atoms with Crippen molar-refractivity contribution in [1.82, 2.24) is 4.90 Å². The summed E-state index contributed by atoms with van der Waals surface area (Å²) in [7, 11) is 1.44. The third kappa shape index (κ3) is 3.46. The SMILES string of the molecule is CCC1COC(C)CN1CC(C)C(=O)OC. The van der Waals surface area contributed by atoms with Crippen LogP contribution in [0.5, 0.6) is 0 Å². The maximum atomic E-state index is 11.4. The molecule has 1 aliphatic rings. The Bertz CT molecular complexity index is 232. The Morgan fingerprint density at radius 1 is 1.62 bits per heavy atom. The summed E-state index contributed by atoms with van der Waals surface area (Å²) in [4.78, 5) is 13.7. The van der Waals surface area contributed by atoms with Crippen molar-refractivity contribution in [2.24, 2.45) is 5.92 Å². The van der Waals surface area contributed by atoms with Gasteiger partial charge in [-0.05, 0) is 13.3 Å². The number of nitrogens with zero attached hydrogens (tertiary/aromatic N) is 1. The van der Waals surface area contributed by atoms with Gasteiger partial charge in [-0.25, -0.2) is 0 Å². The summed E-state index contributed by atoms with van der Waals surface area (Å²) in [6.45, 7) is 8.57. The maximum Gasteiger partial charge on any atom is 0.309 e. The number of methoxy groups -OCH3 is 1. The minimum absolute atomic E-state index is 0.0654. The lowest BCUT2D eigenvalue weighted by Gasteiger charge is -2.39. The van der Waals surface area contributed by atoms with Crippen LogP contribution in [-0.4, -0.2) is 49.8 Å². The van der Waals surface area contributed by atoms with Crippen molar-refractivity contribution in [2.45, 2.75) is 39.3 Å². The predicted molar refractivity (Wildman–Crippen MR) is 62.2 cm³/mol. The lowest BCUT2D eigenvalue weighted by molar-refractivity contribution is -0.146. The first-order valence-electron chi connectivity index (χ1n) is 6.02. The molecule has 1 fully saturated rings. The Labute approximate surface area is 97.9 Å². The van der Waals surface area contributed by atoms with Gasteiger partial charge in [0.15, 0.2) is 0 Å². The molecule has 4 nitrogen and oxygen atoms in total. The molecule has 0 bridgehead atoms. The first-order chi connectivity index (χ1) is 7.58. The van der Waals surface area contributed by atoms with Gasteiger partial charge >= 0.3 is 5.97 Å². The summed E-state index contributed by atoms with van der Waals surface area (Å²) in [6.07, 6.45) is 1.31. The van der Waals surface area contributed by atoms with E-state index in [1.54, 1.807) is 0 Å². The van der Waals surface area contributed by atoms with Gasteiger partial charge in [-0.1, -0.05) is 13.8 Å². The van der Waals surface area contributed by atoms with E-state index < -0.39 is 0 Å². The van der Waals surface area contributed by atoms with Crippen LogP contribution in [0, 0.1) is 5.92 Å². The Kier molecular flexibility index (Phi) is 5.22. The number of carbonyl (C=O) groups is 1. The van der Waals surface area contributed by atoms with E-state index in [0.717, 1.165) is 26.1 Å². The molecule has 0 amide bonds. The van der Waals surface area contributed by atoms with Crippen LogP contribution in [0.2, 0.25) is 0 Å². The molecule has 0 saturated carbocycles. The van der Waals surface area contributed by atoms with Crippen LogP contribution in [0.3, 0.4) is 0 Å². The van der Waals surface area contributed by atoms with E-state index in [0.29, 0.717) is 6.04 Å². The van der Waals surface area contributed by atoms with Gasteiger partial charge in [-0.3, -0.25) is 9.69 Å². The van der Waals surface area contributed by atoms with Crippen LogP contribution in [0.15, 0.2) is 0 Å². The molecule has 0 spiro atoms. The van der Waals surface area contributed by atoms with Gasteiger partial charge in [-0.2, -0.15) is 0 Å². The fourth-order valence-corrected chi connectivity index (χ4v) is 2.14. The second-order valence-corrected chi connectivity index (χ2v) is 4.58. The minimum atomic E-state index is -0.131. The molecule has 3 unspecified atom stereocenters. The van der Waals surface area contributed by atoms with E-state index in [1.807, 2.05) is 6.92 Å². The highest BCUT2D eigenvalue weighted by atomic mass is 16.5. The van der Waals surface area contributed by atoms with Gasteiger partial charge in [0.1, 0.15) is 0 Å². The van der Waals surface area contributed by atoms with E-state index in [1.165, 1.54) is 7.11 Å². The number of carbonyl (C=O) groups excluding carboxylic acids is 1. The van der Waals surface area contributed by atoms with Gasteiger partial charge in [-0.15, -0.1) is 0 Å². The zero-order valence-corrected chi connectivity index (χ0v) is 10.7. The van der Waals surface area contributed by atoms with Crippen molar-refractivity contribution in [1.29, 1.82) is 0 Å². The molecule has 4 heteroatoms. The molecule has 0 aliphatic carbocycles. The number of ether oxygens (including phenoxy) is 2. The van der Waals surface area contributed by atoms with Crippen molar-refractivity contribution in [3.8, 4) is 0 Å². The standard InChI is InChI=1S/C12H23NO3/c1-5-11-8-16-10(3)7-13(11)6-9(2)12(14)15-4/h9-11H,5-8H2,1-4H3. The Morgan fingerprint density at radius 2 is 2.31 bits per heavy atom. The fraction of sp³-hybridized carbons (Fsp3) is 0.917. The molecule has 1 aliphatic heterocycles. The fourth-order valence-electron chi connectivity index (χ4n) is 2.14. The van der Waals surface area contributed by atoms with Crippen LogP contribution in [0.4, 0.5) is 0 Å². The van der Waals surface area contributed by atoms with Crippen LogP contribution in [-0.2, 0) is 14.3 Å². The van der Waals surface area contributed by atoms with Gasteiger partial charge < -0.3 is 9.47 Å². The number of rotatable bonds is 4. The molecule has 94 valence electrons. The predicted octanol–water partition coefficient (Wildman–Crippen LogP) is 1.29. The van der Waals surface area contributed by atoms with Gasteiger partial charge in [0.2, 0.25) is 0 Å². The average Bonchev–Trinajstić information content (AvgIpc) is 2.28. The second-order valence-electron chi connectivity index (χ2n) is 4.58. The van der Waals surface area contributed by atoms with Crippen molar-refractivity contribution in [3.05, 3.63) is 0 Å². The summed E-state index contributed by atoms with van der Waals surface area (Å²) in [5.74, 6) is -0.196. The lowest BCUT2D eigenvalue weighted by Crippen LogP contribution is -2.50. The summed E-state index contributed by atoms with van der Waals surface area (Å²) < 4.78 is 10.4. The van der Waals surface area contributed by atoms with E-state index in [2.05, 4.69) is 18.7 Å². The molecule has 1 saturated heterocycles. The Morgan fingerprint density at radius 3 is 2.88 bits per heavy atom. The van der Waals surface area contributed by atoms with Crippen LogP contribution in [0.1, 0.15) is 27.2 Å². The quantitative estimate of drug-likeness (QED) is 0.681. The van der Waals surface area contributed by atoms with Gasteiger partial charge in [0.25, 0.3) is 0 Å². The number of hydrogen-bond donors (Lipinski definition) is 0. The molecule has 0 aromatic heterocycles. The molecule has 1 rings (SSSR count). The maximum absolute atomic E-state index is 11.4. The van der Waals surface area contributed by atoms with Crippen LogP contribution < -0.4 is 0 Å². The Balaban J connectivity index is 2.51. The summed E-state index contributed by atoms with van der Waals surface area (Å²) >= 11 is 0. The normalized spacial score (nSPS) is 28.8. The largest absolute Gasteiger partial charge is 0.469 e. The molecule has 16 heavy (non-hydrogen) atoms. The molecule has 0 aromatic rings. The monoisotopic (exact) mass is 229 g/mol. The topological polar surface area (TPSA) is 38.8 Å². The first kappa shape index (κ1) is 13.5. The molecular weight excluding hydrogens is 206 g/mol. The molecule has 0 radical (unpaired) electrons. The number of morpholine rings is 1. The van der Waals surface area contributed by atoms with E-state index in [9.17, 15) is 4.79 Å². The summed E-state index contributed by atoms with van der Waals surface area (Å²) in [5.41, 5.74) is 0. The lowest BCUT2D eigenvalue weighted by atomic mass is 10.1. The molecule has 3 atom stereocenters.